The lowest BCUT2D eigenvalue weighted by atomic mass is 10.1. The summed E-state index contributed by atoms with van der Waals surface area (Å²) in [7, 11) is 0. The number of nitrogens with one attached hydrogen (secondary N) is 3. The predicted octanol–water partition coefficient (Wildman–Crippen LogP) is 2.16. The molecule has 0 aliphatic carbocycles. The molecule has 0 bridgehead atoms. The quantitative estimate of drug-likeness (QED) is 0.739. The second-order valence-electron chi connectivity index (χ2n) is 5.22. The number of H-pyrrole nitrogens is 1. The predicted molar refractivity (Wildman–Crippen MR) is 85.4 cm³/mol. The van der Waals surface area contributed by atoms with Gasteiger partial charge in [-0.3, -0.25) is 14.7 Å². The van der Waals surface area contributed by atoms with Gasteiger partial charge in [0.25, 0.3) is 0 Å². The Hall–Kier alpha value is -2.63. The number of hydrogen-bond donors (Lipinski definition) is 3. The van der Waals surface area contributed by atoms with Crippen molar-refractivity contribution >= 4 is 17.6 Å². The van der Waals surface area contributed by atoms with Crippen LogP contribution >= 0.6 is 0 Å². The van der Waals surface area contributed by atoms with Gasteiger partial charge in [0.2, 0.25) is 11.8 Å². The summed E-state index contributed by atoms with van der Waals surface area (Å²) in [6.45, 7) is 6.37. The van der Waals surface area contributed by atoms with E-state index in [0.29, 0.717) is 12.4 Å². The summed E-state index contributed by atoms with van der Waals surface area (Å²) in [6, 6.07) is 7.93. The fraction of sp³-hybridized carbons (Fsp3) is 0.312. The van der Waals surface area contributed by atoms with Crippen LogP contribution in [0, 0.1) is 13.8 Å². The smallest absolute Gasteiger partial charge is 0.235 e. The van der Waals surface area contributed by atoms with Crippen LogP contribution in [-0.4, -0.2) is 28.6 Å². The Morgan fingerprint density at radius 2 is 1.77 bits per heavy atom. The largest absolute Gasteiger partial charge is 0.356 e. The molecule has 1 aromatic heterocycles. The fourth-order valence-electron chi connectivity index (χ4n) is 2.26. The molecule has 2 amide bonds. The summed E-state index contributed by atoms with van der Waals surface area (Å²) in [5.74, 6) is -0.280. The lowest BCUT2D eigenvalue weighted by Crippen LogP contribution is -2.27. The Labute approximate surface area is 129 Å². The van der Waals surface area contributed by atoms with Crippen LogP contribution in [0.25, 0.3) is 11.3 Å². The highest BCUT2D eigenvalue weighted by Gasteiger charge is 2.11. The van der Waals surface area contributed by atoms with Gasteiger partial charge in [0.05, 0.1) is 5.69 Å². The van der Waals surface area contributed by atoms with E-state index < -0.39 is 0 Å². The van der Waals surface area contributed by atoms with E-state index in [1.165, 1.54) is 0 Å². The molecule has 22 heavy (non-hydrogen) atoms. The molecule has 2 aromatic rings. The SMILES string of the molecule is CCNC(=O)CC(=O)Nc1cc(-c2cc(C)cc(C)c2)[nH]n1. The van der Waals surface area contributed by atoms with Crippen LogP contribution < -0.4 is 10.6 Å². The van der Waals surface area contributed by atoms with Crippen molar-refractivity contribution in [1.82, 2.24) is 15.5 Å². The van der Waals surface area contributed by atoms with Gasteiger partial charge >= 0.3 is 0 Å². The summed E-state index contributed by atoms with van der Waals surface area (Å²) < 4.78 is 0. The maximum Gasteiger partial charge on any atom is 0.235 e. The van der Waals surface area contributed by atoms with Crippen molar-refractivity contribution in [3.8, 4) is 11.3 Å². The second-order valence-corrected chi connectivity index (χ2v) is 5.22. The molecule has 0 aliphatic heterocycles. The third-order valence-electron chi connectivity index (χ3n) is 3.07. The van der Waals surface area contributed by atoms with Crippen molar-refractivity contribution in [3.05, 3.63) is 35.4 Å². The molecule has 0 radical (unpaired) electrons. The number of amides is 2. The first kappa shape index (κ1) is 15.8. The lowest BCUT2D eigenvalue weighted by molar-refractivity contribution is -0.126. The van der Waals surface area contributed by atoms with Crippen molar-refractivity contribution in [1.29, 1.82) is 0 Å². The molecule has 0 spiro atoms. The van der Waals surface area contributed by atoms with Gasteiger partial charge in [-0.25, -0.2) is 0 Å². The van der Waals surface area contributed by atoms with Gasteiger partial charge in [0, 0.05) is 18.2 Å². The molecule has 3 N–H and O–H groups in total. The van der Waals surface area contributed by atoms with Crippen LogP contribution in [0.3, 0.4) is 0 Å². The first-order chi connectivity index (χ1) is 10.5. The Bertz CT molecular complexity index is 671. The zero-order valence-electron chi connectivity index (χ0n) is 13.0. The maximum absolute atomic E-state index is 11.7. The number of carbonyl (C=O) groups excluding carboxylic acids is 2. The van der Waals surface area contributed by atoms with Gasteiger partial charge in [-0.15, -0.1) is 0 Å². The number of carbonyl (C=O) groups is 2. The third-order valence-corrected chi connectivity index (χ3v) is 3.07. The van der Waals surface area contributed by atoms with Crippen molar-refractivity contribution in [2.45, 2.75) is 27.2 Å². The van der Waals surface area contributed by atoms with Crippen LogP contribution in [0.15, 0.2) is 24.3 Å². The molecule has 0 atom stereocenters. The Morgan fingerprint density at radius 1 is 1.09 bits per heavy atom. The molecular formula is C16H20N4O2. The maximum atomic E-state index is 11.7. The number of aryl methyl sites for hydroxylation is 2. The van der Waals surface area contributed by atoms with E-state index in [4.69, 9.17) is 0 Å². The molecule has 0 saturated carbocycles. The number of benzene rings is 1. The van der Waals surface area contributed by atoms with Gasteiger partial charge in [0.1, 0.15) is 6.42 Å². The van der Waals surface area contributed by atoms with Crippen molar-refractivity contribution in [2.75, 3.05) is 11.9 Å². The number of rotatable bonds is 5. The Morgan fingerprint density at radius 3 is 2.41 bits per heavy atom. The molecule has 2 rings (SSSR count). The highest BCUT2D eigenvalue weighted by atomic mass is 16.2. The minimum atomic E-state index is -0.385. The van der Waals surface area contributed by atoms with Gasteiger partial charge in [-0.1, -0.05) is 17.2 Å². The van der Waals surface area contributed by atoms with Gasteiger partial charge in [0.15, 0.2) is 5.82 Å². The van der Waals surface area contributed by atoms with E-state index in [1.807, 2.05) is 26.0 Å². The minimum Gasteiger partial charge on any atom is -0.356 e. The Kier molecular flexibility index (Phi) is 4.93. The molecule has 0 unspecified atom stereocenters. The molecular weight excluding hydrogens is 280 g/mol. The molecule has 0 saturated heterocycles. The first-order valence-corrected chi connectivity index (χ1v) is 7.18. The standard InChI is InChI=1S/C16H20N4O2/c1-4-17-15(21)9-16(22)18-14-8-13(19-20-14)12-6-10(2)5-11(3)7-12/h5-8H,4,9H2,1-3H3,(H,17,21)(H2,18,19,20,22). The van der Waals surface area contributed by atoms with E-state index in [1.54, 1.807) is 13.0 Å². The topological polar surface area (TPSA) is 86.9 Å². The molecule has 6 nitrogen and oxygen atoms in total. The van der Waals surface area contributed by atoms with Crippen molar-refractivity contribution in [3.63, 3.8) is 0 Å². The third kappa shape index (κ3) is 4.18. The number of nitrogens with zero attached hydrogens (tertiary/aromatic N) is 1. The van der Waals surface area contributed by atoms with Crippen LogP contribution in [0.5, 0.6) is 0 Å². The average molecular weight is 300 g/mol. The number of hydrogen-bond acceptors (Lipinski definition) is 3. The second kappa shape index (κ2) is 6.89. The van der Waals surface area contributed by atoms with Crippen molar-refractivity contribution < 1.29 is 9.59 Å². The fourth-order valence-corrected chi connectivity index (χ4v) is 2.26. The van der Waals surface area contributed by atoms with Gasteiger partial charge in [-0.05, 0) is 32.9 Å². The number of anilines is 1. The highest BCUT2D eigenvalue weighted by molar-refractivity contribution is 6.03. The van der Waals surface area contributed by atoms with Gasteiger partial charge in [-0.2, -0.15) is 5.10 Å². The van der Waals surface area contributed by atoms with E-state index in [0.717, 1.165) is 22.4 Å². The van der Waals surface area contributed by atoms with Crippen molar-refractivity contribution in [2.24, 2.45) is 0 Å². The normalized spacial score (nSPS) is 10.3. The zero-order chi connectivity index (χ0) is 16.1. The van der Waals surface area contributed by atoms with E-state index in [9.17, 15) is 9.59 Å². The molecule has 1 aromatic carbocycles. The molecule has 1 heterocycles. The minimum absolute atomic E-state index is 0.209. The van der Waals surface area contributed by atoms with Crippen LogP contribution in [0.4, 0.5) is 5.82 Å². The first-order valence-electron chi connectivity index (χ1n) is 7.18. The van der Waals surface area contributed by atoms with E-state index >= 15 is 0 Å². The highest BCUT2D eigenvalue weighted by Crippen LogP contribution is 2.22. The zero-order valence-corrected chi connectivity index (χ0v) is 13.0. The lowest BCUT2D eigenvalue weighted by Gasteiger charge is -2.02. The monoisotopic (exact) mass is 300 g/mol. The number of aromatic nitrogens is 2. The summed E-state index contributed by atoms with van der Waals surface area (Å²) in [6.07, 6.45) is -0.209. The summed E-state index contributed by atoms with van der Waals surface area (Å²) in [5, 5.41) is 12.1. The Balaban J connectivity index is 2.05. The van der Waals surface area contributed by atoms with Crippen LogP contribution in [0.2, 0.25) is 0 Å². The molecule has 0 fully saturated rings. The molecule has 0 aliphatic rings. The van der Waals surface area contributed by atoms with E-state index in [-0.39, 0.29) is 18.2 Å². The molecule has 6 heteroatoms. The van der Waals surface area contributed by atoms with E-state index in [2.05, 4.69) is 26.9 Å². The molecule has 116 valence electrons. The van der Waals surface area contributed by atoms with Crippen LogP contribution in [0.1, 0.15) is 24.5 Å². The summed E-state index contributed by atoms with van der Waals surface area (Å²) in [5.41, 5.74) is 4.15. The summed E-state index contributed by atoms with van der Waals surface area (Å²) >= 11 is 0. The average Bonchev–Trinajstić information content (AvgIpc) is 2.86. The summed E-state index contributed by atoms with van der Waals surface area (Å²) in [4.78, 5) is 23.1. The van der Waals surface area contributed by atoms with Gasteiger partial charge < -0.3 is 10.6 Å². The van der Waals surface area contributed by atoms with Crippen LogP contribution in [-0.2, 0) is 9.59 Å². The number of aromatic amines is 1.